The maximum absolute atomic E-state index is 12.2. The number of halogens is 1. The molecule has 6 nitrogen and oxygen atoms in total. The number of aliphatic carboxylic acids is 1. The Bertz CT molecular complexity index is 1140. The first-order chi connectivity index (χ1) is 15.4. The molecule has 3 N–H and O–H groups in total. The van der Waals surface area contributed by atoms with Gasteiger partial charge in [-0.25, -0.2) is 9.78 Å². The third kappa shape index (κ3) is 5.65. The molecule has 0 radical (unpaired) electrons. The van der Waals surface area contributed by atoms with E-state index in [1.165, 1.54) is 6.08 Å². The van der Waals surface area contributed by atoms with Crippen molar-refractivity contribution in [3.63, 3.8) is 0 Å². The first-order valence-electron chi connectivity index (χ1n) is 10.5. The van der Waals surface area contributed by atoms with Crippen LogP contribution >= 0.6 is 11.6 Å². The van der Waals surface area contributed by atoms with Gasteiger partial charge in [0.15, 0.2) is 5.69 Å². The molecule has 7 heteroatoms. The summed E-state index contributed by atoms with van der Waals surface area (Å²) in [6.45, 7) is 2.42. The second-order valence-corrected chi connectivity index (χ2v) is 7.95. The number of primary amides is 1. The summed E-state index contributed by atoms with van der Waals surface area (Å²) in [4.78, 5) is 28.8. The Balaban J connectivity index is 2.15. The minimum absolute atomic E-state index is 0.0648. The van der Waals surface area contributed by atoms with E-state index in [9.17, 15) is 14.7 Å². The highest BCUT2D eigenvalue weighted by Gasteiger charge is 2.22. The molecule has 166 valence electrons. The number of unbranched alkanes of at least 4 members (excludes halogenated alkanes) is 1. The fraction of sp³-hybridized carbons (Fsp3) is 0.240. The van der Waals surface area contributed by atoms with Crippen LogP contribution in [0.4, 0.5) is 0 Å². The highest BCUT2D eigenvalue weighted by molar-refractivity contribution is 6.31. The zero-order chi connectivity index (χ0) is 23.1. The molecular formula is C25H26ClN3O3. The van der Waals surface area contributed by atoms with Crippen LogP contribution < -0.4 is 5.73 Å². The Morgan fingerprint density at radius 3 is 2.44 bits per heavy atom. The van der Waals surface area contributed by atoms with Crippen molar-refractivity contribution < 1.29 is 14.7 Å². The molecule has 0 saturated carbocycles. The summed E-state index contributed by atoms with van der Waals surface area (Å²) in [7, 11) is 0. The van der Waals surface area contributed by atoms with E-state index in [-0.39, 0.29) is 17.7 Å². The minimum atomic E-state index is -1.06. The van der Waals surface area contributed by atoms with Crippen molar-refractivity contribution in [3.8, 4) is 0 Å². The normalized spacial score (nSPS) is 11.5. The highest BCUT2D eigenvalue weighted by atomic mass is 35.5. The lowest BCUT2D eigenvalue weighted by Crippen LogP contribution is -2.15. The van der Waals surface area contributed by atoms with Gasteiger partial charge in [0.2, 0.25) is 0 Å². The number of benzene rings is 2. The molecular weight excluding hydrogens is 426 g/mol. The zero-order valence-electron chi connectivity index (χ0n) is 17.9. The van der Waals surface area contributed by atoms with E-state index in [0.29, 0.717) is 29.5 Å². The molecule has 0 fully saturated rings. The Labute approximate surface area is 192 Å². The molecule has 1 heterocycles. The number of carboxylic acids is 1. The molecule has 0 aliphatic carbocycles. The predicted octanol–water partition coefficient (Wildman–Crippen LogP) is 4.74. The van der Waals surface area contributed by atoms with Crippen LogP contribution in [-0.4, -0.2) is 26.5 Å². The fourth-order valence-electron chi connectivity index (χ4n) is 3.51. The largest absolute Gasteiger partial charge is 0.478 e. The number of nitrogens with two attached hydrogens (primary N) is 1. The van der Waals surface area contributed by atoms with Gasteiger partial charge in [0.1, 0.15) is 5.82 Å². The number of hydrogen-bond acceptors (Lipinski definition) is 3. The van der Waals surface area contributed by atoms with Crippen molar-refractivity contribution in [2.75, 3.05) is 0 Å². The van der Waals surface area contributed by atoms with E-state index in [1.54, 1.807) is 6.07 Å². The van der Waals surface area contributed by atoms with Crippen LogP contribution in [0, 0.1) is 0 Å². The van der Waals surface area contributed by atoms with Gasteiger partial charge in [0.25, 0.3) is 5.91 Å². The van der Waals surface area contributed by atoms with Gasteiger partial charge in [-0.2, -0.15) is 0 Å². The summed E-state index contributed by atoms with van der Waals surface area (Å²) in [5.41, 5.74) is 7.92. The number of carbonyl (C=O) groups is 2. The smallest absolute Gasteiger partial charge is 0.331 e. The number of aromatic nitrogens is 2. The molecule has 0 saturated heterocycles. The summed E-state index contributed by atoms with van der Waals surface area (Å²) in [6.07, 6.45) is 4.17. The molecule has 1 aromatic heterocycles. The van der Waals surface area contributed by atoms with Crippen LogP contribution in [-0.2, 0) is 24.2 Å². The molecule has 0 aliphatic rings. The summed E-state index contributed by atoms with van der Waals surface area (Å²) < 4.78 is 1.85. The maximum atomic E-state index is 12.2. The first-order valence-corrected chi connectivity index (χ1v) is 10.9. The molecule has 1 amide bonds. The first kappa shape index (κ1) is 23.3. The molecule has 2 aromatic carbocycles. The number of nitrogens with zero attached hydrogens (tertiary/aromatic N) is 2. The summed E-state index contributed by atoms with van der Waals surface area (Å²) >= 11 is 6.38. The van der Waals surface area contributed by atoms with E-state index in [0.717, 1.165) is 24.0 Å². The van der Waals surface area contributed by atoms with Crippen molar-refractivity contribution in [1.29, 1.82) is 0 Å². The lowest BCUT2D eigenvalue weighted by atomic mass is 10.0. The zero-order valence-corrected chi connectivity index (χ0v) is 18.7. The molecule has 0 atom stereocenters. The number of aryl methyl sites for hydroxylation is 1. The van der Waals surface area contributed by atoms with Crippen LogP contribution in [0.25, 0.3) is 6.08 Å². The summed E-state index contributed by atoms with van der Waals surface area (Å²) in [5.74, 6) is -1.09. The molecule has 3 aromatic rings. The lowest BCUT2D eigenvalue weighted by Gasteiger charge is -2.13. The van der Waals surface area contributed by atoms with Crippen LogP contribution in [0.3, 0.4) is 0 Å². The van der Waals surface area contributed by atoms with Crippen molar-refractivity contribution in [3.05, 3.63) is 93.5 Å². The average Bonchev–Trinajstić information content (AvgIpc) is 3.11. The second-order valence-electron chi connectivity index (χ2n) is 7.54. The molecule has 0 aliphatic heterocycles. The van der Waals surface area contributed by atoms with Crippen molar-refractivity contribution in [2.24, 2.45) is 5.73 Å². The fourth-order valence-corrected chi connectivity index (χ4v) is 3.70. The topological polar surface area (TPSA) is 98.2 Å². The molecule has 0 spiro atoms. The SMILES string of the molecule is CCCCc1nc(C(N)=O)c(/C=C(\Cc2ccccc2)C(=O)O)n1Cc1ccccc1Cl. The molecule has 0 bridgehead atoms. The van der Waals surface area contributed by atoms with Crippen molar-refractivity contribution in [1.82, 2.24) is 9.55 Å². The Morgan fingerprint density at radius 2 is 1.81 bits per heavy atom. The number of carboxylic acid groups (broad SMARTS) is 1. The number of amides is 1. The van der Waals surface area contributed by atoms with Gasteiger partial charge in [-0.15, -0.1) is 0 Å². The van der Waals surface area contributed by atoms with E-state index < -0.39 is 11.9 Å². The van der Waals surface area contributed by atoms with E-state index in [4.69, 9.17) is 17.3 Å². The molecule has 3 rings (SSSR count). The number of rotatable bonds is 10. The summed E-state index contributed by atoms with van der Waals surface area (Å²) in [6, 6.07) is 16.7. The van der Waals surface area contributed by atoms with Gasteiger partial charge in [0, 0.05) is 23.4 Å². The van der Waals surface area contributed by atoms with Gasteiger partial charge in [-0.05, 0) is 29.7 Å². The van der Waals surface area contributed by atoms with Crippen LogP contribution in [0.15, 0.2) is 60.2 Å². The quantitative estimate of drug-likeness (QED) is 0.435. The van der Waals surface area contributed by atoms with Crippen LogP contribution in [0.2, 0.25) is 5.02 Å². The number of carbonyl (C=O) groups excluding carboxylic acids is 1. The number of hydrogen-bond donors (Lipinski definition) is 2. The van der Waals surface area contributed by atoms with Gasteiger partial charge in [-0.1, -0.05) is 73.5 Å². The third-order valence-corrected chi connectivity index (χ3v) is 5.55. The third-order valence-electron chi connectivity index (χ3n) is 5.18. The highest BCUT2D eigenvalue weighted by Crippen LogP contribution is 2.24. The van der Waals surface area contributed by atoms with E-state index in [1.807, 2.05) is 53.1 Å². The standard InChI is InChI=1S/C25H26ClN3O3/c1-2-3-13-22-28-23(24(27)30)21(29(22)16-18-11-7-8-12-20(18)26)15-19(25(31)32)14-17-9-5-4-6-10-17/h4-12,15H,2-3,13-14,16H2,1H3,(H2,27,30)(H,31,32)/b19-15+. The van der Waals surface area contributed by atoms with Gasteiger partial charge in [-0.3, -0.25) is 4.79 Å². The van der Waals surface area contributed by atoms with Crippen molar-refractivity contribution >= 4 is 29.6 Å². The van der Waals surface area contributed by atoms with Crippen molar-refractivity contribution in [2.45, 2.75) is 39.2 Å². The molecule has 32 heavy (non-hydrogen) atoms. The number of imidazole rings is 1. The Hall–Kier alpha value is -3.38. The van der Waals surface area contributed by atoms with Crippen LogP contribution in [0.5, 0.6) is 0 Å². The Morgan fingerprint density at radius 1 is 1.12 bits per heavy atom. The average molecular weight is 452 g/mol. The van der Waals surface area contributed by atoms with Gasteiger partial charge >= 0.3 is 5.97 Å². The molecule has 0 unspecified atom stereocenters. The van der Waals surface area contributed by atoms with Gasteiger partial charge in [0.05, 0.1) is 12.2 Å². The monoisotopic (exact) mass is 451 g/mol. The van der Waals surface area contributed by atoms with Crippen LogP contribution in [0.1, 0.15) is 52.9 Å². The summed E-state index contributed by atoms with van der Waals surface area (Å²) in [5, 5.41) is 10.4. The lowest BCUT2D eigenvalue weighted by molar-refractivity contribution is -0.132. The van der Waals surface area contributed by atoms with E-state index >= 15 is 0 Å². The Kier molecular flexibility index (Phi) is 7.84. The van der Waals surface area contributed by atoms with Gasteiger partial charge < -0.3 is 15.4 Å². The minimum Gasteiger partial charge on any atom is -0.478 e. The maximum Gasteiger partial charge on any atom is 0.331 e. The second kappa shape index (κ2) is 10.8. The predicted molar refractivity (Wildman–Crippen MR) is 126 cm³/mol. The van der Waals surface area contributed by atoms with E-state index in [2.05, 4.69) is 11.9 Å².